The van der Waals surface area contributed by atoms with E-state index in [4.69, 9.17) is 14.3 Å². The summed E-state index contributed by atoms with van der Waals surface area (Å²) in [5, 5.41) is 12.0. The molecule has 0 bridgehead atoms. The Bertz CT molecular complexity index is 412. The van der Waals surface area contributed by atoms with Crippen LogP contribution in [-0.2, 0) is 13.6 Å². The molecule has 0 aliphatic heterocycles. The lowest BCUT2D eigenvalue weighted by Crippen LogP contribution is -2.10. The van der Waals surface area contributed by atoms with Crippen molar-refractivity contribution in [2.45, 2.75) is 13.8 Å². The highest BCUT2D eigenvalue weighted by Gasteiger charge is 2.34. The maximum Gasteiger partial charge on any atom is 0.385 e. The van der Waals surface area contributed by atoms with Crippen LogP contribution >= 0.6 is 7.60 Å². The van der Waals surface area contributed by atoms with Gasteiger partial charge in [-0.2, -0.15) is 0 Å². The summed E-state index contributed by atoms with van der Waals surface area (Å²) in [7, 11) is -3.61. The molecule has 6 nitrogen and oxygen atoms in total. The molecule has 0 radical (unpaired) electrons. The molecule has 7 heteroatoms. The van der Waals surface area contributed by atoms with Crippen LogP contribution in [0.1, 0.15) is 19.5 Å². The summed E-state index contributed by atoms with van der Waals surface area (Å²) in [6, 6.07) is 4.96. The SMILES string of the molecule is CCOP(=O)(OCC)/C(=N/O)c1ccccn1. The van der Waals surface area contributed by atoms with E-state index >= 15 is 0 Å². The van der Waals surface area contributed by atoms with Gasteiger partial charge in [-0.15, -0.1) is 0 Å². The Morgan fingerprint density at radius 2 is 2.06 bits per heavy atom. The van der Waals surface area contributed by atoms with E-state index < -0.39 is 7.60 Å². The number of rotatable bonds is 6. The smallest absolute Gasteiger partial charge is 0.385 e. The third-order valence-corrected chi connectivity index (χ3v) is 3.88. The van der Waals surface area contributed by atoms with Crippen molar-refractivity contribution < 1.29 is 18.8 Å². The maximum absolute atomic E-state index is 12.4. The summed E-state index contributed by atoms with van der Waals surface area (Å²) in [5.74, 6) is 0. The molecule has 1 aromatic heterocycles. The predicted octanol–water partition coefficient (Wildman–Crippen LogP) is 2.48. The van der Waals surface area contributed by atoms with Crippen LogP contribution in [0.25, 0.3) is 0 Å². The standard InChI is InChI=1S/C10H15N2O4P/c1-3-15-17(14,16-4-2)10(12-13)9-7-5-6-8-11-9/h5-8,13H,3-4H2,1-2H3/b12-10+. The van der Waals surface area contributed by atoms with Gasteiger partial charge in [0.05, 0.1) is 13.2 Å². The quantitative estimate of drug-likeness (QED) is 0.367. The molecule has 0 unspecified atom stereocenters. The van der Waals surface area contributed by atoms with E-state index in [1.54, 1.807) is 32.0 Å². The zero-order valence-corrected chi connectivity index (χ0v) is 10.6. The number of pyridine rings is 1. The van der Waals surface area contributed by atoms with Gasteiger partial charge in [-0.05, 0) is 26.0 Å². The van der Waals surface area contributed by atoms with Crippen LogP contribution < -0.4 is 0 Å². The molecule has 17 heavy (non-hydrogen) atoms. The normalized spacial score (nSPS) is 12.7. The first-order valence-electron chi connectivity index (χ1n) is 5.21. The number of oxime groups is 1. The lowest BCUT2D eigenvalue weighted by atomic mass is 10.4. The summed E-state index contributed by atoms with van der Waals surface area (Å²) >= 11 is 0. The van der Waals surface area contributed by atoms with Gasteiger partial charge in [0.1, 0.15) is 5.69 Å². The summed E-state index contributed by atoms with van der Waals surface area (Å²) in [6.07, 6.45) is 1.50. The molecule has 94 valence electrons. The van der Waals surface area contributed by atoms with Gasteiger partial charge < -0.3 is 14.3 Å². The monoisotopic (exact) mass is 258 g/mol. The first-order chi connectivity index (χ1) is 8.18. The van der Waals surface area contributed by atoms with E-state index in [0.717, 1.165) is 0 Å². The molecule has 0 saturated carbocycles. The van der Waals surface area contributed by atoms with Crippen LogP contribution in [0.5, 0.6) is 0 Å². The second-order valence-electron chi connectivity index (χ2n) is 2.97. The largest absolute Gasteiger partial charge is 0.410 e. The molecule has 0 aromatic carbocycles. The molecule has 0 atom stereocenters. The highest BCUT2D eigenvalue weighted by molar-refractivity contribution is 7.73. The van der Waals surface area contributed by atoms with Gasteiger partial charge in [0.25, 0.3) is 0 Å². The Kier molecular flexibility index (Phi) is 5.28. The van der Waals surface area contributed by atoms with E-state index in [2.05, 4.69) is 10.1 Å². The first-order valence-corrected chi connectivity index (χ1v) is 6.75. The van der Waals surface area contributed by atoms with Crippen LogP contribution in [0.2, 0.25) is 0 Å². The van der Waals surface area contributed by atoms with E-state index in [1.807, 2.05) is 0 Å². The van der Waals surface area contributed by atoms with E-state index in [9.17, 15) is 4.57 Å². The van der Waals surface area contributed by atoms with Gasteiger partial charge in [0.15, 0.2) is 0 Å². The van der Waals surface area contributed by atoms with Crippen LogP contribution in [0.4, 0.5) is 0 Å². The van der Waals surface area contributed by atoms with Crippen molar-refractivity contribution in [1.29, 1.82) is 0 Å². The van der Waals surface area contributed by atoms with Crippen molar-refractivity contribution in [2.24, 2.45) is 5.16 Å². The Labute approximate surface area is 99.8 Å². The van der Waals surface area contributed by atoms with Crippen molar-refractivity contribution in [2.75, 3.05) is 13.2 Å². The molecule has 1 aromatic rings. The molecule has 0 aliphatic rings. The first kappa shape index (κ1) is 13.8. The fraction of sp³-hybridized carbons (Fsp3) is 0.400. The second kappa shape index (κ2) is 6.49. The molecular weight excluding hydrogens is 243 g/mol. The molecule has 0 saturated heterocycles. The van der Waals surface area contributed by atoms with Crippen molar-refractivity contribution in [3.63, 3.8) is 0 Å². The fourth-order valence-corrected chi connectivity index (χ4v) is 2.76. The van der Waals surface area contributed by atoms with E-state index in [0.29, 0.717) is 0 Å². The van der Waals surface area contributed by atoms with Gasteiger partial charge in [-0.25, -0.2) is 0 Å². The Morgan fingerprint density at radius 1 is 1.41 bits per heavy atom. The molecule has 1 rings (SSSR count). The summed E-state index contributed by atoms with van der Waals surface area (Å²) in [4.78, 5) is 3.96. The third-order valence-electron chi connectivity index (χ3n) is 1.85. The molecule has 0 fully saturated rings. The van der Waals surface area contributed by atoms with Crippen LogP contribution in [0.15, 0.2) is 29.6 Å². The van der Waals surface area contributed by atoms with Crippen LogP contribution in [0, 0.1) is 0 Å². The molecular formula is C10H15N2O4P. The number of aromatic nitrogens is 1. The minimum Gasteiger partial charge on any atom is -0.410 e. The highest BCUT2D eigenvalue weighted by atomic mass is 31.2. The summed E-state index contributed by atoms with van der Waals surface area (Å²) < 4.78 is 22.5. The fourth-order valence-electron chi connectivity index (χ4n) is 1.24. The molecule has 0 spiro atoms. The second-order valence-corrected chi connectivity index (χ2v) is 4.91. The average Bonchev–Trinajstić information content (AvgIpc) is 2.31. The summed E-state index contributed by atoms with van der Waals surface area (Å²) in [6.45, 7) is 3.73. The van der Waals surface area contributed by atoms with Crippen LogP contribution in [0.3, 0.4) is 0 Å². The van der Waals surface area contributed by atoms with Gasteiger partial charge in [0.2, 0.25) is 5.45 Å². The number of hydrogen-bond donors (Lipinski definition) is 1. The third kappa shape index (κ3) is 3.36. The lowest BCUT2D eigenvalue weighted by Gasteiger charge is -2.16. The molecule has 0 aliphatic carbocycles. The van der Waals surface area contributed by atoms with Gasteiger partial charge in [-0.1, -0.05) is 11.2 Å². The topological polar surface area (TPSA) is 81.0 Å². The molecule has 1 N–H and O–H groups in total. The van der Waals surface area contributed by atoms with Gasteiger partial charge in [-0.3, -0.25) is 9.55 Å². The van der Waals surface area contributed by atoms with Gasteiger partial charge in [0, 0.05) is 6.20 Å². The van der Waals surface area contributed by atoms with Gasteiger partial charge >= 0.3 is 7.60 Å². The zero-order valence-electron chi connectivity index (χ0n) is 9.74. The maximum atomic E-state index is 12.4. The predicted molar refractivity (Wildman–Crippen MR) is 63.4 cm³/mol. The van der Waals surface area contributed by atoms with Crippen molar-refractivity contribution in [3.8, 4) is 0 Å². The highest BCUT2D eigenvalue weighted by Crippen LogP contribution is 2.51. The Morgan fingerprint density at radius 3 is 2.47 bits per heavy atom. The molecule has 1 heterocycles. The van der Waals surface area contributed by atoms with Crippen molar-refractivity contribution in [3.05, 3.63) is 30.1 Å². The zero-order chi connectivity index (χ0) is 12.7. The minimum absolute atomic E-state index is 0.179. The summed E-state index contributed by atoms with van der Waals surface area (Å²) in [5.41, 5.74) is 0.0852. The number of hydrogen-bond acceptors (Lipinski definition) is 6. The minimum atomic E-state index is -3.61. The van der Waals surface area contributed by atoms with Crippen molar-refractivity contribution in [1.82, 2.24) is 4.98 Å². The number of nitrogens with zero attached hydrogens (tertiary/aromatic N) is 2. The van der Waals surface area contributed by atoms with Crippen LogP contribution in [-0.4, -0.2) is 28.9 Å². The lowest BCUT2D eigenvalue weighted by molar-refractivity contribution is 0.230. The van der Waals surface area contributed by atoms with E-state index in [1.165, 1.54) is 6.20 Å². The average molecular weight is 258 g/mol. The Balaban J connectivity index is 3.12. The van der Waals surface area contributed by atoms with Crippen molar-refractivity contribution >= 4 is 13.0 Å². The molecule has 0 amide bonds. The van der Waals surface area contributed by atoms with E-state index in [-0.39, 0.29) is 24.4 Å². The Hall–Kier alpha value is -1.23.